The highest BCUT2D eigenvalue weighted by molar-refractivity contribution is 5.84. The quantitative estimate of drug-likeness (QED) is 0.630. The Morgan fingerprint density at radius 2 is 1.87 bits per heavy atom. The number of hydrogen-bond acceptors (Lipinski definition) is 7. The van der Waals surface area contributed by atoms with E-state index in [1.807, 2.05) is 24.7 Å². The van der Waals surface area contributed by atoms with E-state index < -0.39 is 0 Å². The standard InChI is InChI=1S/C24H29N5O2/c1-2-20-4-6-25-15-23(20)21(3-1)14-19-16-28(8-11-31-18-19)17-22-5-7-26-24(27-22)29-9-12-30-13-10-29/h1-7,15,19H,8-14,16-18H2. The maximum absolute atomic E-state index is 5.97. The van der Waals surface area contributed by atoms with Gasteiger partial charge in [-0.3, -0.25) is 9.88 Å². The second kappa shape index (κ2) is 9.68. The summed E-state index contributed by atoms with van der Waals surface area (Å²) in [5.41, 5.74) is 2.41. The molecule has 3 aromatic rings. The smallest absolute Gasteiger partial charge is 0.225 e. The lowest BCUT2D eigenvalue weighted by molar-refractivity contribution is 0.121. The molecule has 0 saturated carbocycles. The van der Waals surface area contributed by atoms with Crippen molar-refractivity contribution in [3.63, 3.8) is 0 Å². The first kappa shape index (κ1) is 20.3. The molecule has 0 N–H and O–H groups in total. The van der Waals surface area contributed by atoms with Gasteiger partial charge in [0.05, 0.1) is 32.1 Å². The molecule has 0 spiro atoms. The summed E-state index contributed by atoms with van der Waals surface area (Å²) in [5, 5.41) is 2.49. The number of morpholine rings is 1. The van der Waals surface area contributed by atoms with E-state index in [0.717, 1.165) is 77.2 Å². The highest BCUT2D eigenvalue weighted by Gasteiger charge is 2.21. The van der Waals surface area contributed by atoms with Crippen molar-refractivity contribution in [2.24, 2.45) is 5.92 Å². The molecule has 0 bridgehead atoms. The fraction of sp³-hybridized carbons (Fsp3) is 0.458. The first-order chi connectivity index (χ1) is 15.3. The predicted octanol–water partition coefficient (Wildman–Crippen LogP) is 2.55. The van der Waals surface area contributed by atoms with Crippen LogP contribution in [-0.4, -0.2) is 72.5 Å². The molecule has 2 aromatic heterocycles. The Hall–Kier alpha value is -2.61. The molecule has 1 aromatic carbocycles. The molecule has 31 heavy (non-hydrogen) atoms. The zero-order chi connectivity index (χ0) is 20.9. The fourth-order valence-electron chi connectivity index (χ4n) is 4.50. The molecule has 0 amide bonds. The third-order valence-corrected chi connectivity index (χ3v) is 6.08. The van der Waals surface area contributed by atoms with Gasteiger partial charge in [0.15, 0.2) is 0 Å². The molecule has 0 radical (unpaired) electrons. The van der Waals surface area contributed by atoms with Crippen LogP contribution >= 0.6 is 0 Å². The van der Waals surface area contributed by atoms with Gasteiger partial charge in [-0.05, 0) is 35.4 Å². The summed E-state index contributed by atoms with van der Waals surface area (Å²) in [5.74, 6) is 1.25. The van der Waals surface area contributed by atoms with Crippen molar-refractivity contribution < 1.29 is 9.47 Å². The lowest BCUT2D eigenvalue weighted by atomic mass is 9.96. The Morgan fingerprint density at radius 3 is 2.81 bits per heavy atom. The van der Waals surface area contributed by atoms with Crippen LogP contribution in [0, 0.1) is 5.92 Å². The van der Waals surface area contributed by atoms with Crippen molar-refractivity contribution in [3.05, 3.63) is 60.2 Å². The van der Waals surface area contributed by atoms with Gasteiger partial charge in [-0.2, -0.15) is 0 Å². The summed E-state index contributed by atoms with van der Waals surface area (Å²) in [4.78, 5) is 18.3. The number of nitrogens with zero attached hydrogens (tertiary/aromatic N) is 5. The summed E-state index contributed by atoms with van der Waals surface area (Å²) in [7, 11) is 0. The molecule has 162 valence electrons. The summed E-state index contributed by atoms with van der Waals surface area (Å²) < 4.78 is 11.4. The average molecular weight is 420 g/mol. The van der Waals surface area contributed by atoms with Crippen LogP contribution in [0.25, 0.3) is 10.8 Å². The van der Waals surface area contributed by atoms with Gasteiger partial charge >= 0.3 is 0 Å². The van der Waals surface area contributed by atoms with E-state index in [0.29, 0.717) is 5.92 Å². The van der Waals surface area contributed by atoms with E-state index in [1.165, 1.54) is 16.3 Å². The van der Waals surface area contributed by atoms with Gasteiger partial charge in [-0.1, -0.05) is 18.2 Å². The maximum atomic E-state index is 5.97. The number of benzene rings is 1. The first-order valence-corrected chi connectivity index (χ1v) is 11.1. The minimum atomic E-state index is 0.439. The second-order valence-electron chi connectivity index (χ2n) is 8.34. The van der Waals surface area contributed by atoms with Crippen molar-refractivity contribution in [3.8, 4) is 0 Å². The molecule has 2 aliphatic heterocycles. The summed E-state index contributed by atoms with van der Waals surface area (Å²) >= 11 is 0. The molecule has 1 atom stereocenters. The predicted molar refractivity (Wildman–Crippen MR) is 120 cm³/mol. The minimum Gasteiger partial charge on any atom is -0.380 e. The highest BCUT2D eigenvalue weighted by atomic mass is 16.5. The van der Waals surface area contributed by atoms with Gasteiger partial charge in [0, 0.05) is 56.7 Å². The van der Waals surface area contributed by atoms with Crippen molar-refractivity contribution >= 4 is 16.7 Å². The largest absolute Gasteiger partial charge is 0.380 e. The van der Waals surface area contributed by atoms with E-state index in [4.69, 9.17) is 14.5 Å². The summed E-state index contributed by atoms with van der Waals surface area (Å²) in [6.45, 7) is 7.45. The molecule has 1 unspecified atom stereocenters. The molecule has 0 aliphatic carbocycles. The Balaban J connectivity index is 1.27. The molecule has 4 heterocycles. The van der Waals surface area contributed by atoms with Crippen LogP contribution in [-0.2, 0) is 22.4 Å². The first-order valence-electron chi connectivity index (χ1n) is 11.1. The SMILES string of the molecule is c1cc(CC2COCCN(Cc3ccnc(N4CCOCC4)n3)C2)c2cnccc2c1. The summed E-state index contributed by atoms with van der Waals surface area (Å²) in [6, 6.07) is 10.6. The Bertz CT molecular complexity index is 1000. The number of rotatable bonds is 5. The van der Waals surface area contributed by atoms with Gasteiger partial charge in [0.1, 0.15) is 0 Å². The van der Waals surface area contributed by atoms with Crippen LogP contribution in [0.4, 0.5) is 5.95 Å². The van der Waals surface area contributed by atoms with Gasteiger partial charge in [-0.15, -0.1) is 0 Å². The van der Waals surface area contributed by atoms with Crippen molar-refractivity contribution in [1.82, 2.24) is 19.9 Å². The lowest BCUT2D eigenvalue weighted by Gasteiger charge is -2.27. The molecule has 5 rings (SSSR count). The second-order valence-corrected chi connectivity index (χ2v) is 8.34. The highest BCUT2D eigenvalue weighted by Crippen LogP contribution is 2.22. The number of pyridine rings is 1. The molecule has 2 fully saturated rings. The normalized spacial score (nSPS) is 20.6. The molecule has 7 heteroatoms. The molecule has 2 aliphatic rings. The van der Waals surface area contributed by atoms with Gasteiger partial charge in [-0.25, -0.2) is 9.97 Å². The number of anilines is 1. The van der Waals surface area contributed by atoms with Gasteiger partial charge in [0.2, 0.25) is 5.95 Å². The third kappa shape index (κ3) is 5.01. The van der Waals surface area contributed by atoms with Crippen molar-refractivity contribution in [2.45, 2.75) is 13.0 Å². The molecular weight excluding hydrogens is 390 g/mol. The van der Waals surface area contributed by atoms with E-state index >= 15 is 0 Å². The van der Waals surface area contributed by atoms with Crippen LogP contribution in [0.5, 0.6) is 0 Å². The topological polar surface area (TPSA) is 63.6 Å². The number of ether oxygens (including phenoxy) is 2. The van der Waals surface area contributed by atoms with Crippen LogP contribution < -0.4 is 4.90 Å². The summed E-state index contributed by atoms with van der Waals surface area (Å²) in [6.07, 6.45) is 6.70. The van der Waals surface area contributed by atoms with E-state index in [-0.39, 0.29) is 0 Å². The van der Waals surface area contributed by atoms with Crippen molar-refractivity contribution in [2.75, 3.05) is 57.5 Å². The van der Waals surface area contributed by atoms with Crippen molar-refractivity contribution in [1.29, 1.82) is 0 Å². The zero-order valence-corrected chi connectivity index (χ0v) is 17.8. The van der Waals surface area contributed by atoms with E-state index in [9.17, 15) is 0 Å². The van der Waals surface area contributed by atoms with E-state index in [2.05, 4.69) is 44.0 Å². The number of fused-ring (bicyclic) bond motifs is 1. The lowest BCUT2D eigenvalue weighted by Crippen LogP contribution is -2.37. The number of hydrogen-bond donors (Lipinski definition) is 0. The fourth-order valence-corrected chi connectivity index (χ4v) is 4.50. The van der Waals surface area contributed by atoms with Gasteiger partial charge < -0.3 is 14.4 Å². The monoisotopic (exact) mass is 419 g/mol. The third-order valence-electron chi connectivity index (χ3n) is 6.08. The Labute approximate surface area is 183 Å². The molecule has 2 saturated heterocycles. The van der Waals surface area contributed by atoms with Crippen LogP contribution in [0.2, 0.25) is 0 Å². The Morgan fingerprint density at radius 1 is 0.968 bits per heavy atom. The molecule has 7 nitrogen and oxygen atoms in total. The van der Waals surface area contributed by atoms with Crippen LogP contribution in [0.1, 0.15) is 11.3 Å². The van der Waals surface area contributed by atoms with E-state index in [1.54, 1.807) is 0 Å². The average Bonchev–Trinajstić information content (AvgIpc) is 3.05. The van der Waals surface area contributed by atoms with Gasteiger partial charge in [0.25, 0.3) is 0 Å². The zero-order valence-electron chi connectivity index (χ0n) is 17.8. The minimum absolute atomic E-state index is 0.439. The van der Waals surface area contributed by atoms with Crippen LogP contribution in [0.15, 0.2) is 48.9 Å². The number of aromatic nitrogens is 3. The molecular formula is C24H29N5O2. The van der Waals surface area contributed by atoms with Crippen LogP contribution in [0.3, 0.4) is 0 Å². The Kier molecular flexibility index (Phi) is 6.34. The maximum Gasteiger partial charge on any atom is 0.225 e.